The van der Waals surface area contributed by atoms with Gasteiger partial charge in [0, 0.05) is 14.7 Å². The van der Waals surface area contributed by atoms with Crippen molar-refractivity contribution < 1.29 is 23.8 Å². The minimum atomic E-state index is -1.23. The highest BCUT2D eigenvalue weighted by Gasteiger charge is 2.42. The van der Waals surface area contributed by atoms with Crippen LogP contribution < -0.4 is 0 Å². The van der Waals surface area contributed by atoms with Crippen LogP contribution in [0.5, 0.6) is 0 Å². The van der Waals surface area contributed by atoms with Gasteiger partial charge in [0.1, 0.15) is 6.61 Å². The molecule has 1 rings (SSSR count). The number of rotatable bonds is 13. The maximum atomic E-state index is 13.2. The molecule has 6 nitrogen and oxygen atoms in total. The highest BCUT2D eigenvalue weighted by atomic mass is 28.3. The van der Waals surface area contributed by atoms with Crippen molar-refractivity contribution in [3.8, 4) is 0 Å². The maximum Gasteiger partial charge on any atom is 0.417 e. The van der Waals surface area contributed by atoms with Gasteiger partial charge >= 0.3 is 6.09 Å². The predicted molar refractivity (Wildman–Crippen MR) is 128 cm³/mol. The molecule has 31 heavy (non-hydrogen) atoms. The standard InChI is InChI=1S/C24H43NO5Si/c1-18(2)10-9-11-20(5)12-13-29-22(17-28-14-15-31(6,7)8)23(26)25-21(19(3)4)16-30-24(25)27/h10,12,19,21-22H,9,11,13-17H2,1-8H3/b20-12+/t21-,22-/m1/s1. The number of hydrogen-bond acceptors (Lipinski definition) is 5. The summed E-state index contributed by atoms with van der Waals surface area (Å²) < 4.78 is 16.9. The van der Waals surface area contributed by atoms with E-state index in [-0.39, 0.29) is 31.1 Å². The molecule has 0 aromatic rings. The summed E-state index contributed by atoms with van der Waals surface area (Å²) in [5, 5.41) is 0. The van der Waals surface area contributed by atoms with Crippen molar-refractivity contribution in [1.29, 1.82) is 0 Å². The Morgan fingerprint density at radius 1 is 1.23 bits per heavy atom. The van der Waals surface area contributed by atoms with Crippen LogP contribution in [0.4, 0.5) is 4.79 Å². The largest absolute Gasteiger partial charge is 0.447 e. The van der Waals surface area contributed by atoms with E-state index in [1.54, 1.807) is 0 Å². The SMILES string of the molecule is CC(C)=CCC/C(C)=C/CO[C@H](COCC[Si](C)(C)C)C(=O)N1C(=O)OC[C@@H]1C(C)C. The molecule has 1 aliphatic rings. The zero-order valence-electron chi connectivity index (χ0n) is 20.8. The molecule has 1 fully saturated rings. The summed E-state index contributed by atoms with van der Waals surface area (Å²) in [6.45, 7) is 18.3. The van der Waals surface area contributed by atoms with Gasteiger partial charge in [-0.15, -0.1) is 0 Å². The number of hydrogen-bond donors (Lipinski definition) is 0. The van der Waals surface area contributed by atoms with Gasteiger partial charge in [0.2, 0.25) is 0 Å². The number of cyclic esters (lactones) is 1. The lowest BCUT2D eigenvalue weighted by Gasteiger charge is -2.27. The van der Waals surface area contributed by atoms with Crippen molar-refractivity contribution in [2.45, 2.75) is 85.3 Å². The molecule has 2 amide bonds. The molecule has 0 radical (unpaired) electrons. The molecule has 0 spiro atoms. The van der Waals surface area contributed by atoms with Crippen molar-refractivity contribution in [2.75, 3.05) is 26.4 Å². The second-order valence-electron chi connectivity index (χ2n) is 10.2. The molecule has 1 heterocycles. The number of ether oxygens (including phenoxy) is 3. The monoisotopic (exact) mass is 453 g/mol. The Bertz CT molecular complexity index is 647. The van der Waals surface area contributed by atoms with E-state index in [0.717, 1.165) is 18.9 Å². The Balaban J connectivity index is 2.77. The van der Waals surface area contributed by atoms with Crippen LogP contribution in [0.25, 0.3) is 0 Å². The minimum Gasteiger partial charge on any atom is -0.447 e. The molecule has 0 aromatic carbocycles. The van der Waals surface area contributed by atoms with Gasteiger partial charge in [-0.05, 0) is 45.6 Å². The van der Waals surface area contributed by atoms with E-state index in [1.807, 2.05) is 19.9 Å². The quantitative estimate of drug-likeness (QED) is 0.212. The van der Waals surface area contributed by atoms with E-state index in [9.17, 15) is 9.59 Å². The first-order valence-electron chi connectivity index (χ1n) is 11.4. The molecular weight excluding hydrogens is 410 g/mol. The average Bonchev–Trinajstić information content (AvgIpc) is 3.03. The molecule has 0 unspecified atom stereocenters. The number of carbonyl (C=O) groups is 2. The number of allylic oxidation sites excluding steroid dienone is 3. The number of nitrogens with zero attached hydrogens (tertiary/aromatic N) is 1. The summed E-state index contributed by atoms with van der Waals surface area (Å²) in [5.74, 6) is -0.258. The van der Waals surface area contributed by atoms with Crippen LogP contribution >= 0.6 is 0 Å². The van der Waals surface area contributed by atoms with E-state index < -0.39 is 20.3 Å². The van der Waals surface area contributed by atoms with Gasteiger partial charge in [0.05, 0.1) is 19.3 Å². The second-order valence-corrected chi connectivity index (χ2v) is 15.8. The molecule has 1 saturated heterocycles. The summed E-state index contributed by atoms with van der Waals surface area (Å²) in [6, 6.07) is 0.743. The van der Waals surface area contributed by atoms with Crippen molar-refractivity contribution in [3.05, 3.63) is 23.3 Å². The average molecular weight is 454 g/mol. The van der Waals surface area contributed by atoms with Crippen LogP contribution in [-0.2, 0) is 19.0 Å². The lowest BCUT2D eigenvalue weighted by atomic mass is 10.0. The van der Waals surface area contributed by atoms with Gasteiger partial charge in [-0.3, -0.25) is 4.79 Å². The Hall–Kier alpha value is -1.44. The molecular formula is C24H43NO5Si. The lowest BCUT2D eigenvalue weighted by molar-refractivity contribution is -0.145. The summed E-state index contributed by atoms with van der Waals surface area (Å²) >= 11 is 0. The Morgan fingerprint density at radius 2 is 1.90 bits per heavy atom. The Kier molecular flexibility index (Phi) is 11.7. The van der Waals surface area contributed by atoms with Gasteiger partial charge in [0.15, 0.2) is 6.10 Å². The first-order valence-corrected chi connectivity index (χ1v) is 15.1. The molecule has 7 heteroatoms. The van der Waals surface area contributed by atoms with Crippen LogP contribution in [0.3, 0.4) is 0 Å². The fourth-order valence-corrected chi connectivity index (χ4v) is 3.85. The van der Waals surface area contributed by atoms with Gasteiger partial charge < -0.3 is 14.2 Å². The fourth-order valence-electron chi connectivity index (χ4n) is 3.09. The highest BCUT2D eigenvalue weighted by Crippen LogP contribution is 2.21. The fraction of sp³-hybridized carbons (Fsp3) is 0.750. The molecule has 1 aliphatic heterocycles. The van der Waals surface area contributed by atoms with Gasteiger partial charge in [0.25, 0.3) is 5.91 Å². The summed E-state index contributed by atoms with van der Waals surface area (Å²) in [5.41, 5.74) is 2.52. The van der Waals surface area contributed by atoms with Crippen LogP contribution in [0.2, 0.25) is 25.7 Å². The maximum absolute atomic E-state index is 13.2. The zero-order valence-corrected chi connectivity index (χ0v) is 21.8. The van der Waals surface area contributed by atoms with Gasteiger partial charge in [-0.1, -0.05) is 56.8 Å². The molecule has 0 aliphatic carbocycles. The summed E-state index contributed by atoms with van der Waals surface area (Å²) in [7, 11) is -1.23. The van der Waals surface area contributed by atoms with E-state index in [1.165, 1.54) is 16.0 Å². The zero-order chi connectivity index (χ0) is 23.6. The number of carbonyl (C=O) groups excluding carboxylic acids is 2. The molecule has 0 bridgehead atoms. The topological polar surface area (TPSA) is 65.1 Å². The first-order chi connectivity index (χ1) is 14.4. The van der Waals surface area contributed by atoms with Crippen molar-refractivity contribution in [2.24, 2.45) is 5.92 Å². The normalized spacial score (nSPS) is 18.4. The van der Waals surface area contributed by atoms with Crippen molar-refractivity contribution >= 4 is 20.1 Å². The lowest BCUT2D eigenvalue weighted by Crippen LogP contribution is -2.49. The molecule has 0 saturated carbocycles. The number of imide groups is 1. The van der Waals surface area contributed by atoms with Crippen LogP contribution in [0.15, 0.2) is 23.3 Å². The smallest absolute Gasteiger partial charge is 0.417 e. The molecule has 0 aromatic heterocycles. The van der Waals surface area contributed by atoms with Gasteiger partial charge in [-0.25, -0.2) is 9.69 Å². The third kappa shape index (κ3) is 10.6. The van der Waals surface area contributed by atoms with Crippen LogP contribution in [0, 0.1) is 5.92 Å². The predicted octanol–water partition coefficient (Wildman–Crippen LogP) is 5.42. The Labute approximate surface area is 190 Å². The van der Waals surface area contributed by atoms with E-state index in [0.29, 0.717) is 13.2 Å². The van der Waals surface area contributed by atoms with E-state index in [4.69, 9.17) is 14.2 Å². The van der Waals surface area contributed by atoms with Crippen molar-refractivity contribution in [1.82, 2.24) is 4.90 Å². The third-order valence-corrected chi connectivity index (χ3v) is 6.98. The molecule has 178 valence electrons. The van der Waals surface area contributed by atoms with Crippen LogP contribution in [-0.4, -0.2) is 63.5 Å². The first kappa shape index (κ1) is 27.6. The van der Waals surface area contributed by atoms with E-state index in [2.05, 4.69) is 46.5 Å². The minimum absolute atomic E-state index is 0.112. The summed E-state index contributed by atoms with van der Waals surface area (Å²) in [6.07, 6.45) is 4.74. The third-order valence-electron chi connectivity index (χ3n) is 5.27. The van der Waals surface area contributed by atoms with Gasteiger partial charge in [-0.2, -0.15) is 0 Å². The summed E-state index contributed by atoms with van der Waals surface area (Å²) in [4.78, 5) is 26.6. The Morgan fingerprint density at radius 3 is 2.48 bits per heavy atom. The molecule has 0 N–H and O–H groups in total. The number of amides is 2. The second kappa shape index (κ2) is 13.2. The van der Waals surface area contributed by atoms with E-state index >= 15 is 0 Å². The molecule has 2 atom stereocenters. The van der Waals surface area contributed by atoms with Crippen molar-refractivity contribution in [3.63, 3.8) is 0 Å². The highest BCUT2D eigenvalue weighted by molar-refractivity contribution is 6.76. The van der Waals surface area contributed by atoms with Crippen LogP contribution in [0.1, 0.15) is 47.5 Å².